The Bertz CT molecular complexity index is 509. The molecule has 1 heterocycles. The molecule has 2 N–H and O–H groups in total. The summed E-state index contributed by atoms with van der Waals surface area (Å²) in [5.41, 5.74) is 1.44. The van der Waals surface area contributed by atoms with E-state index in [2.05, 4.69) is 10.6 Å². The average Bonchev–Trinajstić information content (AvgIpc) is 3.19. The zero-order valence-corrected chi connectivity index (χ0v) is 12.7. The Kier molecular flexibility index (Phi) is 4.15. The summed E-state index contributed by atoms with van der Waals surface area (Å²) in [6.07, 6.45) is 3.36. The van der Waals surface area contributed by atoms with Crippen molar-refractivity contribution in [2.24, 2.45) is 11.3 Å². The van der Waals surface area contributed by atoms with E-state index in [4.69, 9.17) is 4.74 Å². The van der Waals surface area contributed by atoms with Gasteiger partial charge in [-0.05, 0) is 56.3 Å². The summed E-state index contributed by atoms with van der Waals surface area (Å²) in [6, 6.07) is 7.95. The predicted molar refractivity (Wildman–Crippen MR) is 82.3 cm³/mol. The Morgan fingerprint density at radius 3 is 2.90 bits per heavy atom. The van der Waals surface area contributed by atoms with Crippen molar-refractivity contribution < 1.29 is 9.53 Å². The van der Waals surface area contributed by atoms with E-state index in [1.54, 1.807) is 0 Å². The SMILES string of the molecule is Cc1ccccc1OCCNC(=O)C1CC12CCNCC2. The van der Waals surface area contributed by atoms with Crippen LogP contribution in [-0.4, -0.2) is 32.1 Å². The Morgan fingerprint density at radius 2 is 2.14 bits per heavy atom. The molecule has 114 valence electrons. The fourth-order valence-electron chi connectivity index (χ4n) is 3.37. The number of carbonyl (C=O) groups excluding carboxylic acids is 1. The molecular weight excluding hydrogens is 264 g/mol. The molecule has 1 amide bonds. The highest BCUT2D eigenvalue weighted by atomic mass is 16.5. The van der Waals surface area contributed by atoms with Gasteiger partial charge < -0.3 is 15.4 Å². The molecule has 2 fully saturated rings. The lowest BCUT2D eigenvalue weighted by molar-refractivity contribution is -0.123. The number of ether oxygens (including phenoxy) is 1. The van der Waals surface area contributed by atoms with Gasteiger partial charge in [0.25, 0.3) is 0 Å². The van der Waals surface area contributed by atoms with Crippen molar-refractivity contribution in [3.8, 4) is 5.75 Å². The van der Waals surface area contributed by atoms with Crippen LogP contribution in [0.2, 0.25) is 0 Å². The third-order valence-corrected chi connectivity index (χ3v) is 4.86. The van der Waals surface area contributed by atoms with Crippen molar-refractivity contribution in [1.82, 2.24) is 10.6 Å². The molecule has 1 aliphatic heterocycles. The van der Waals surface area contributed by atoms with E-state index in [0.717, 1.165) is 43.7 Å². The highest BCUT2D eigenvalue weighted by Gasteiger charge is 2.57. The maximum atomic E-state index is 12.2. The first-order valence-corrected chi connectivity index (χ1v) is 7.88. The van der Waals surface area contributed by atoms with Crippen LogP contribution in [0.4, 0.5) is 0 Å². The van der Waals surface area contributed by atoms with Crippen LogP contribution in [0.5, 0.6) is 5.75 Å². The normalized spacial score (nSPS) is 22.8. The molecule has 1 unspecified atom stereocenters. The van der Waals surface area contributed by atoms with Gasteiger partial charge in [-0.2, -0.15) is 0 Å². The Morgan fingerprint density at radius 1 is 1.38 bits per heavy atom. The van der Waals surface area contributed by atoms with Crippen LogP contribution in [0.15, 0.2) is 24.3 Å². The van der Waals surface area contributed by atoms with Crippen molar-refractivity contribution in [3.63, 3.8) is 0 Å². The summed E-state index contributed by atoms with van der Waals surface area (Å²) >= 11 is 0. The number of aryl methyl sites for hydroxylation is 1. The summed E-state index contributed by atoms with van der Waals surface area (Å²) in [7, 11) is 0. The van der Waals surface area contributed by atoms with Crippen molar-refractivity contribution in [2.45, 2.75) is 26.2 Å². The summed E-state index contributed by atoms with van der Waals surface area (Å²) < 4.78 is 5.70. The van der Waals surface area contributed by atoms with Gasteiger partial charge in [-0.15, -0.1) is 0 Å². The molecule has 1 aromatic rings. The van der Waals surface area contributed by atoms with Crippen LogP contribution in [0, 0.1) is 18.3 Å². The van der Waals surface area contributed by atoms with Gasteiger partial charge in [0, 0.05) is 5.92 Å². The van der Waals surface area contributed by atoms with Gasteiger partial charge in [0.05, 0.1) is 6.54 Å². The minimum Gasteiger partial charge on any atom is -0.491 e. The lowest BCUT2D eigenvalue weighted by Crippen LogP contribution is -2.35. The molecule has 0 aromatic heterocycles. The number of piperidine rings is 1. The molecule has 1 atom stereocenters. The number of benzene rings is 1. The Balaban J connectivity index is 1.38. The zero-order chi connectivity index (χ0) is 14.7. The Labute approximate surface area is 126 Å². The minimum absolute atomic E-state index is 0.213. The maximum Gasteiger partial charge on any atom is 0.223 e. The number of rotatable bonds is 5. The van der Waals surface area contributed by atoms with Gasteiger partial charge in [-0.1, -0.05) is 18.2 Å². The average molecular weight is 288 g/mol. The smallest absolute Gasteiger partial charge is 0.223 e. The molecule has 1 aromatic carbocycles. The number of para-hydroxylation sites is 1. The van der Waals surface area contributed by atoms with E-state index in [9.17, 15) is 4.79 Å². The number of amides is 1. The summed E-state index contributed by atoms with van der Waals surface area (Å²) in [4.78, 5) is 12.2. The monoisotopic (exact) mass is 288 g/mol. The van der Waals surface area contributed by atoms with Gasteiger partial charge in [0.1, 0.15) is 12.4 Å². The molecule has 1 aliphatic carbocycles. The van der Waals surface area contributed by atoms with E-state index in [1.807, 2.05) is 31.2 Å². The highest BCUT2D eigenvalue weighted by molar-refractivity contribution is 5.82. The lowest BCUT2D eigenvalue weighted by atomic mass is 9.92. The van der Waals surface area contributed by atoms with Gasteiger partial charge >= 0.3 is 0 Å². The largest absolute Gasteiger partial charge is 0.491 e. The third kappa shape index (κ3) is 3.21. The van der Waals surface area contributed by atoms with Crippen molar-refractivity contribution in [2.75, 3.05) is 26.2 Å². The van der Waals surface area contributed by atoms with E-state index < -0.39 is 0 Å². The fraction of sp³-hybridized carbons (Fsp3) is 0.588. The zero-order valence-electron chi connectivity index (χ0n) is 12.7. The fourth-order valence-corrected chi connectivity index (χ4v) is 3.37. The van der Waals surface area contributed by atoms with Gasteiger partial charge in [-0.25, -0.2) is 0 Å². The van der Waals surface area contributed by atoms with Crippen molar-refractivity contribution in [3.05, 3.63) is 29.8 Å². The maximum absolute atomic E-state index is 12.2. The second-order valence-electron chi connectivity index (χ2n) is 6.27. The number of carbonyl (C=O) groups is 1. The molecule has 1 spiro atoms. The molecule has 4 heteroatoms. The van der Waals surface area contributed by atoms with Crippen LogP contribution in [-0.2, 0) is 4.79 Å². The first-order chi connectivity index (χ1) is 10.2. The molecule has 4 nitrogen and oxygen atoms in total. The van der Waals surface area contributed by atoms with Crippen LogP contribution < -0.4 is 15.4 Å². The van der Waals surface area contributed by atoms with Crippen molar-refractivity contribution >= 4 is 5.91 Å². The Hall–Kier alpha value is -1.55. The van der Waals surface area contributed by atoms with Gasteiger partial charge in [-0.3, -0.25) is 4.79 Å². The predicted octanol–water partition coefficient (Wildman–Crippen LogP) is 1.88. The number of hydrogen-bond donors (Lipinski definition) is 2. The first-order valence-electron chi connectivity index (χ1n) is 7.88. The molecule has 21 heavy (non-hydrogen) atoms. The molecule has 1 saturated carbocycles. The quantitative estimate of drug-likeness (QED) is 0.813. The summed E-state index contributed by atoms with van der Waals surface area (Å²) in [5, 5.41) is 6.39. The highest BCUT2D eigenvalue weighted by Crippen LogP contribution is 2.58. The van der Waals surface area contributed by atoms with Gasteiger partial charge in [0.2, 0.25) is 5.91 Å². The molecule has 0 bridgehead atoms. The van der Waals surface area contributed by atoms with Gasteiger partial charge in [0.15, 0.2) is 0 Å². The molecule has 3 rings (SSSR count). The van der Waals surface area contributed by atoms with Crippen LogP contribution >= 0.6 is 0 Å². The number of hydrogen-bond acceptors (Lipinski definition) is 3. The van der Waals surface area contributed by atoms with Crippen LogP contribution in [0.3, 0.4) is 0 Å². The molecule has 1 saturated heterocycles. The minimum atomic E-state index is 0.213. The molecule has 2 aliphatic rings. The van der Waals surface area contributed by atoms with E-state index in [0.29, 0.717) is 18.6 Å². The molecular formula is C17H24N2O2. The van der Waals surface area contributed by atoms with E-state index in [-0.39, 0.29) is 11.8 Å². The second-order valence-corrected chi connectivity index (χ2v) is 6.27. The molecule has 0 radical (unpaired) electrons. The topological polar surface area (TPSA) is 50.4 Å². The third-order valence-electron chi connectivity index (χ3n) is 4.86. The standard InChI is InChI=1S/C17H24N2O2/c1-13-4-2-3-5-15(13)21-11-10-19-16(20)14-12-17(14)6-8-18-9-7-17/h2-5,14,18H,6-12H2,1H3,(H,19,20). The first kappa shape index (κ1) is 14.4. The van der Waals surface area contributed by atoms with Crippen LogP contribution in [0.25, 0.3) is 0 Å². The van der Waals surface area contributed by atoms with E-state index in [1.165, 1.54) is 0 Å². The summed E-state index contributed by atoms with van der Waals surface area (Å²) in [6.45, 7) is 5.25. The lowest BCUT2D eigenvalue weighted by Gasteiger charge is -2.23. The van der Waals surface area contributed by atoms with Crippen molar-refractivity contribution in [1.29, 1.82) is 0 Å². The van der Waals surface area contributed by atoms with Crippen LogP contribution in [0.1, 0.15) is 24.8 Å². The second kappa shape index (κ2) is 6.06. The van der Waals surface area contributed by atoms with E-state index >= 15 is 0 Å². The number of nitrogens with one attached hydrogen (secondary N) is 2. The summed E-state index contributed by atoms with van der Waals surface area (Å²) in [5.74, 6) is 1.34.